The number of hydrogen-bond donors (Lipinski definition) is 21. The van der Waals surface area contributed by atoms with Gasteiger partial charge in [-0.1, -0.05) is 109 Å². The largest absolute Gasteiger partial charge is 0.508 e. The molecule has 4 rings (SSSR count). The normalized spacial score (nSPS) is 15.6. The van der Waals surface area contributed by atoms with Crippen molar-refractivity contribution < 1.29 is 87.9 Å². The van der Waals surface area contributed by atoms with Crippen LogP contribution in [0.3, 0.4) is 0 Å². The number of benzene rings is 3. The summed E-state index contributed by atoms with van der Waals surface area (Å²) in [6.45, 7) is 12.0. The molecule has 1 heterocycles. The van der Waals surface area contributed by atoms with Crippen LogP contribution in [-0.2, 0) is 88.0 Å². The lowest BCUT2D eigenvalue weighted by Crippen LogP contribution is -2.62. The molecule has 0 fully saturated rings. The van der Waals surface area contributed by atoms with E-state index in [4.69, 9.17) is 11.5 Å². The summed E-state index contributed by atoms with van der Waals surface area (Å²) >= 11 is 5.79. The zero-order chi connectivity index (χ0) is 82.6. The van der Waals surface area contributed by atoms with Crippen molar-refractivity contribution in [3.63, 3.8) is 0 Å². The second-order valence-corrected chi connectivity index (χ2v) is 29.3. The number of phenols is 2. The molecule has 1 aromatic heterocycles. The lowest BCUT2D eigenvalue weighted by Gasteiger charge is -2.30. The van der Waals surface area contributed by atoms with E-state index in [1.54, 1.807) is 77.1 Å². The number of rotatable bonds is 49. The van der Waals surface area contributed by atoms with Crippen LogP contribution in [0.2, 0.25) is 0 Å². The Balaban J connectivity index is 1.52. The second-order valence-electron chi connectivity index (χ2n) is 27.9. The van der Waals surface area contributed by atoms with Gasteiger partial charge in [0.25, 0.3) is 0 Å². The molecule has 0 aliphatic heterocycles. The maximum Gasteiger partial charge on any atom is 0.326 e. The summed E-state index contributed by atoms with van der Waals surface area (Å²) < 4.78 is 0. The number of nitrogens with one attached hydrogen (secondary N) is 13. The van der Waals surface area contributed by atoms with Gasteiger partial charge in [-0.25, -0.2) is 9.78 Å². The Bertz CT molecular complexity index is 3680. The Morgan fingerprint density at radius 3 is 1.35 bits per heavy atom. The summed E-state index contributed by atoms with van der Waals surface area (Å²) in [6.07, 6.45) is 3.64. The predicted octanol–water partition coefficient (Wildman–Crippen LogP) is -1.34. The first-order valence-electron chi connectivity index (χ1n) is 37.0. The molecule has 16 atom stereocenters. The summed E-state index contributed by atoms with van der Waals surface area (Å²) in [5.74, 6) is -13.6. The van der Waals surface area contributed by atoms with Crippen molar-refractivity contribution in [2.75, 3.05) is 30.9 Å². The number of carboxylic acid groups (broad SMARTS) is 1. The van der Waals surface area contributed by atoms with Gasteiger partial charge in [-0.3, -0.25) is 57.5 Å². The quantitative estimate of drug-likeness (QED) is 0.0180. The van der Waals surface area contributed by atoms with Gasteiger partial charge in [0.2, 0.25) is 70.9 Å². The van der Waals surface area contributed by atoms with Crippen molar-refractivity contribution in [2.24, 2.45) is 29.2 Å². The van der Waals surface area contributed by atoms with Gasteiger partial charge in [0.1, 0.15) is 84.0 Å². The number of thioether (sulfide) groups is 1. The molecule has 0 unspecified atom stereocenters. The van der Waals surface area contributed by atoms with Crippen LogP contribution in [0.25, 0.3) is 0 Å². The molecule has 0 radical (unpaired) electrons. The number of nitrogens with two attached hydrogens (primary N) is 2. The SMILES string of the molecule is CC[C@H](C)[C@H](NC(=O)[C@H](C)NC(=O)[C@H](CS)NC(=O)[C@H](CCCCN)NC(=O)[C@@H](NC(=O)[C@H](CC(C)C)NC(=O)[C@H](Cc1ccccc1)NC(=O)[C@H](Cc1ccc(O)cc1)NC(=O)[C@@H](NC(=O)[C@@H](N)CCSC)[C@@H](C)CC)[C@@H](C)O)C(=O)N[C@@H](CO)C(=O)N[C@@H](Cc1ccc(O)cc1)C(=O)N[C@@H](Cc1cnc[nH]1)C(=O)O. The molecule has 34 nitrogen and oxygen atoms in total. The molecule has 0 spiro atoms. The van der Waals surface area contributed by atoms with E-state index in [2.05, 4.69) is 86.4 Å². The molecule has 0 saturated carbocycles. The van der Waals surface area contributed by atoms with Gasteiger partial charge in [-0.05, 0) is 123 Å². The maximum absolute atomic E-state index is 14.8. The van der Waals surface area contributed by atoms with E-state index in [1.165, 1.54) is 74.5 Å². The number of aromatic nitrogens is 2. The topological polar surface area (TPSA) is 548 Å². The van der Waals surface area contributed by atoms with E-state index in [0.717, 1.165) is 0 Å². The lowest BCUT2D eigenvalue weighted by molar-refractivity contribution is -0.142. The summed E-state index contributed by atoms with van der Waals surface area (Å²) in [6, 6.07) is 1.31. The third-order valence-electron chi connectivity index (χ3n) is 18.4. The summed E-state index contributed by atoms with van der Waals surface area (Å²) in [5, 5.41) is 82.5. The number of thiol groups is 1. The van der Waals surface area contributed by atoms with E-state index in [-0.39, 0.29) is 81.1 Å². The average Bonchev–Trinajstić information content (AvgIpc) is 1.15. The van der Waals surface area contributed by atoms with Gasteiger partial charge in [0, 0.05) is 43.3 Å². The number of aliphatic hydroxyl groups is 2. The number of phenolic OH excluding ortho intramolecular Hbond substituents is 2. The molecule has 22 N–H and O–H groups in total. The standard InChI is InChI=1S/C75H112N16O18S2/c1-10-41(5)60(73(106)87-58(37-92)70(103)84-55(33-46-20-24-49(94)25-21-46)68(101)86-57(75(108)109)35-48-36-78-39-79-48)89-63(96)43(7)80-71(104)59(38-110)88-65(98)52(19-15-16-29-76)81-74(107)62(44(8)93)91-69(102)53(31-40(3)4)82-66(99)54(32-45-17-13-12-14-18-45)83-67(100)56(34-47-22-26-50(95)27-23-47)85-72(105)61(42(6)11-2)90-64(97)51(77)28-30-111-9/h12-14,17-18,20-27,36,39-44,51-62,92-95,110H,10-11,15-16,19,28-35,37-38,76-77H2,1-9H3,(H,78,79)(H,80,104)(H,81,107)(H,82,99)(H,83,100)(H,84,103)(H,85,105)(H,86,101)(H,87,106)(H,88,98)(H,89,96)(H,90,97)(H,91,102)(H,108,109)/t41-,42-,43-,44+,51-,52-,53-,54-,55-,56-,57-,58-,59-,60-,61-,62-/m0/s1. The maximum atomic E-state index is 14.8. The van der Waals surface area contributed by atoms with Crippen LogP contribution in [-0.4, -0.2) is 228 Å². The molecule has 4 aromatic rings. The number of aromatic hydroxyl groups is 2. The molecule has 12 amide bonds. The van der Waals surface area contributed by atoms with Crippen LogP contribution in [0.4, 0.5) is 0 Å². The first kappa shape index (κ1) is 93.5. The van der Waals surface area contributed by atoms with Gasteiger partial charge >= 0.3 is 5.97 Å². The Kier molecular flexibility index (Phi) is 40.5. The molecule has 0 saturated heterocycles. The van der Waals surface area contributed by atoms with Gasteiger partial charge in [0.15, 0.2) is 0 Å². The highest BCUT2D eigenvalue weighted by atomic mass is 32.2. The average molecular weight is 1590 g/mol. The fourth-order valence-corrected chi connectivity index (χ4v) is 12.1. The third-order valence-corrected chi connectivity index (χ3v) is 19.5. The minimum absolute atomic E-state index is 0.0525. The first-order valence-corrected chi connectivity index (χ1v) is 39.0. The van der Waals surface area contributed by atoms with E-state index >= 15 is 0 Å². The van der Waals surface area contributed by atoms with Crippen LogP contribution < -0.4 is 75.3 Å². The highest BCUT2D eigenvalue weighted by Gasteiger charge is 2.39. The molecular formula is C75H112N16O18S2. The molecule has 0 bridgehead atoms. The number of hydrogen-bond acceptors (Lipinski definition) is 22. The Morgan fingerprint density at radius 2 is 0.901 bits per heavy atom. The number of amides is 12. The van der Waals surface area contributed by atoms with Gasteiger partial charge in [0.05, 0.1) is 25.1 Å². The van der Waals surface area contributed by atoms with E-state index in [9.17, 15) is 87.9 Å². The van der Waals surface area contributed by atoms with Crippen molar-refractivity contribution in [1.29, 1.82) is 0 Å². The zero-order valence-electron chi connectivity index (χ0n) is 64.1. The summed E-state index contributed by atoms with van der Waals surface area (Å²) in [7, 11) is 0. The van der Waals surface area contributed by atoms with Crippen LogP contribution in [0.1, 0.15) is 123 Å². The van der Waals surface area contributed by atoms with Gasteiger partial charge < -0.3 is 106 Å². The van der Waals surface area contributed by atoms with E-state index in [1.807, 2.05) is 13.2 Å². The minimum Gasteiger partial charge on any atom is -0.508 e. The molecule has 0 aliphatic rings. The van der Waals surface area contributed by atoms with Crippen LogP contribution in [0, 0.1) is 17.8 Å². The number of carbonyl (C=O) groups excluding carboxylic acids is 12. The van der Waals surface area contributed by atoms with Crippen molar-refractivity contribution in [1.82, 2.24) is 73.8 Å². The molecular weight excluding hydrogens is 1480 g/mol. The zero-order valence-corrected chi connectivity index (χ0v) is 65.8. The number of nitrogens with zero attached hydrogens (tertiary/aromatic N) is 1. The molecule has 0 aliphatic carbocycles. The summed E-state index contributed by atoms with van der Waals surface area (Å²) in [5.41, 5.74) is 13.9. The van der Waals surface area contributed by atoms with Crippen LogP contribution >= 0.6 is 24.4 Å². The Morgan fingerprint density at radius 1 is 0.486 bits per heavy atom. The van der Waals surface area contributed by atoms with Crippen molar-refractivity contribution >= 4 is 101 Å². The predicted molar refractivity (Wildman–Crippen MR) is 417 cm³/mol. The van der Waals surface area contributed by atoms with Gasteiger partial charge in [-0.15, -0.1) is 0 Å². The number of aliphatic carboxylic acids is 1. The van der Waals surface area contributed by atoms with Crippen LogP contribution in [0.5, 0.6) is 11.5 Å². The monoisotopic (exact) mass is 1590 g/mol. The highest BCUT2D eigenvalue weighted by Crippen LogP contribution is 2.18. The first-order chi connectivity index (χ1) is 52.7. The molecule has 612 valence electrons. The highest BCUT2D eigenvalue weighted by molar-refractivity contribution is 7.98. The smallest absolute Gasteiger partial charge is 0.326 e. The van der Waals surface area contributed by atoms with Crippen LogP contribution in [0.15, 0.2) is 91.4 Å². The number of H-pyrrole nitrogens is 1. The van der Waals surface area contributed by atoms with Crippen molar-refractivity contribution in [3.05, 3.63) is 114 Å². The minimum atomic E-state index is -1.79. The molecule has 36 heteroatoms. The Hall–Kier alpha value is -9.88. The van der Waals surface area contributed by atoms with Crippen molar-refractivity contribution in [2.45, 2.75) is 211 Å². The molecule has 3 aromatic carbocycles. The number of aromatic amines is 1. The third kappa shape index (κ3) is 31.8. The molecule has 111 heavy (non-hydrogen) atoms. The van der Waals surface area contributed by atoms with Gasteiger partial charge in [-0.2, -0.15) is 24.4 Å². The fourth-order valence-electron chi connectivity index (χ4n) is 11.4. The number of carboxylic acids is 1. The lowest BCUT2D eigenvalue weighted by atomic mass is 9.96. The number of aliphatic hydroxyl groups excluding tert-OH is 2. The number of imidazole rings is 1. The number of carbonyl (C=O) groups is 13. The van der Waals surface area contributed by atoms with Crippen molar-refractivity contribution in [3.8, 4) is 11.5 Å². The van der Waals surface area contributed by atoms with E-state index in [0.29, 0.717) is 47.4 Å². The second kappa shape index (κ2) is 48.0. The number of unbranched alkanes of at least 4 members (excludes halogenated alkanes) is 1. The summed E-state index contributed by atoms with van der Waals surface area (Å²) in [4.78, 5) is 189. The Labute approximate surface area is 655 Å². The van der Waals surface area contributed by atoms with E-state index < -0.39 is 180 Å². The fraction of sp³-hybridized carbons (Fsp3) is 0.547.